The quantitative estimate of drug-likeness (QED) is 0.140. The van der Waals surface area contributed by atoms with Crippen molar-refractivity contribution >= 4 is 69.9 Å². The molecule has 2 aliphatic heterocycles. The van der Waals surface area contributed by atoms with Crippen molar-refractivity contribution in [3.63, 3.8) is 0 Å². The van der Waals surface area contributed by atoms with Crippen LogP contribution in [0.3, 0.4) is 0 Å². The second-order valence-electron chi connectivity index (χ2n) is 14.8. The zero-order chi connectivity index (χ0) is 41.6. The number of phenolic OH excluding ortho intramolecular Hbond substituents is 1. The molecule has 0 radical (unpaired) electrons. The molecule has 0 bridgehead atoms. The van der Waals surface area contributed by atoms with Crippen LogP contribution in [-0.4, -0.2) is 57.9 Å². The number of pyridine rings is 1. The SMILES string of the molecule is COc1ccc(C23C(=O)N(Nc4ccc(Cl)cc4Cl)C(=O)C2CC2C(=CCC4C(=O)N(N(C)c5nc(C(F)(F)F)ccc5Cl)C(=O)C42)C3c2ccc(O)c(C)c2)cc1. The number of fused-ring (bicyclic) bond motifs is 4. The van der Waals surface area contributed by atoms with Crippen LogP contribution < -0.4 is 15.2 Å². The van der Waals surface area contributed by atoms with E-state index in [0.29, 0.717) is 39.1 Å². The summed E-state index contributed by atoms with van der Waals surface area (Å²) in [6, 6.07) is 17.9. The van der Waals surface area contributed by atoms with E-state index in [2.05, 4.69) is 10.4 Å². The molecule has 6 unspecified atom stereocenters. The zero-order valence-electron chi connectivity index (χ0n) is 30.9. The maximum absolute atomic E-state index is 15.4. The molecule has 1 saturated carbocycles. The highest BCUT2D eigenvalue weighted by Gasteiger charge is 2.70. The third kappa shape index (κ3) is 5.98. The van der Waals surface area contributed by atoms with Crippen LogP contribution in [0.5, 0.6) is 11.5 Å². The molecule has 3 fully saturated rings. The number of methoxy groups -OCH3 is 1. The number of ether oxygens (including phenoxy) is 1. The van der Waals surface area contributed by atoms with Gasteiger partial charge in [0, 0.05) is 18.0 Å². The second kappa shape index (κ2) is 14.2. The van der Waals surface area contributed by atoms with Crippen LogP contribution in [0.2, 0.25) is 15.1 Å². The number of anilines is 2. The van der Waals surface area contributed by atoms with E-state index in [4.69, 9.17) is 39.5 Å². The smallest absolute Gasteiger partial charge is 0.433 e. The highest BCUT2D eigenvalue weighted by molar-refractivity contribution is 6.36. The average Bonchev–Trinajstić information content (AvgIpc) is 3.57. The van der Waals surface area contributed by atoms with Crippen molar-refractivity contribution in [3.05, 3.63) is 122 Å². The van der Waals surface area contributed by atoms with E-state index in [-0.39, 0.29) is 34.3 Å². The molecule has 4 amide bonds. The van der Waals surface area contributed by atoms with E-state index < -0.39 is 76.3 Å². The molecule has 0 spiro atoms. The third-order valence-corrected chi connectivity index (χ3v) is 12.7. The molecule has 300 valence electrons. The van der Waals surface area contributed by atoms with Crippen molar-refractivity contribution in [3.8, 4) is 11.5 Å². The summed E-state index contributed by atoms with van der Waals surface area (Å²) in [6.45, 7) is 1.69. The van der Waals surface area contributed by atoms with E-state index >= 15 is 4.79 Å². The van der Waals surface area contributed by atoms with Crippen molar-refractivity contribution in [2.24, 2.45) is 23.7 Å². The fourth-order valence-electron chi connectivity index (χ4n) is 9.27. The lowest BCUT2D eigenvalue weighted by atomic mass is 9.49. The monoisotopic (exact) mass is 853 g/mol. The third-order valence-electron chi connectivity index (χ3n) is 11.8. The molecular weight excluding hydrogens is 822 g/mol. The number of hydrazine groups is 2. The fraction of sp³-hybridized carbons (Fsp3) is 0.293. The number of allylic oxidation sites excluding steroid dienone is 2. The van der Waals surface area contributed by atoms with Crippen LogP contribution in [0.4, 0.5) is 24.7 Å². The number of benzene rings is 3. The Morgan fingerprint density at radius 1 is 0.914 bits per heavy atom. The van der Waals surface area contributed by atoms with Crippen molar-refractivity contribution in [1.82, 2.24) is 15.0 Å². The summed E-state index contributed by atoms with van der Waals surface area (Å²) in [5.74, 6) is -7.51. The van der Waals surface area contributed by atoms with Crippen LogP contribution >= 0.6 is 34.8 Å². The van der Waals surface area contributed by atoms with E-state index in [1.807, 2.05) is 6.08 Å². The van der Waals surface area contributed by atoms with E-state index in [1.54, 1.807) is 49.4 Å². The number of nitrogens with zero attached hydrogens (tertiary/aromatic N) is 4. The Morgan fingerprint density at radius 2 is 1.64 bits per heavy atom. The molecule has 17 heteroatoms. The van der Waals surface area contributed by atoms with Crippen LogP contribution in [0.1, 0.15) is 41.1 Å². The maximum Gasteiger partial charge on any atom is 0.433 e. The number of carbonyl (C=O) groups is 4. The Morgan fingerprint density at radius 3 is 2.29 bits per heavy atom. The fourth-order valence-corrected chi connectivity index (χ4v) is 9.94. The first-order valence-corrected chi connectivity index (χ1v) is 19.2. The molecule has 2 aliphatic carbocycles. The number of phenols is 1. The summed E-state index contributed by atoms with van der Waals surface area (Å²) < 4.78 is 46.6. The predicted molar refractivity (Wildman–Crippen MR) is 208 cm³/mol. The molecule has 2 saturated heterocycles. The summed E-state index contributed by atoms with van der Waals surface area (Å²) in [5, 5.41) is 13.5. The number of alkyl halides is 3. The molecule has 4 aliphatic rings. The predicted octanol–water partition coefficient (Wildman–Crippen LogP) is 8.12. The normalized spacial score (nSPS) is 25.3. The first kappa shape index (κ1) is 39.5. The lowest BCUT2D eigenvalue weighted by Crippen LogP contribution is -2.53. The van der Waals surface area contributed by atoms with Crippen molar-refractivity contribution in [1.29, 1.82) is 0 Å². The van der Waals surface area contributed by atoms with Gasteiger partial charge in [-0.15, -0.1) is 0 Å². The van der Waals surface area contributed by atoms with E-state index in [0.717, 1.165) is 21.1 Å². The minimum Gasteiger partial charge on any atom is -0.508 e. The number of halogens is 6. The van der Waals surface area contributed by atoms with Gasteiger partial charge >= 0.3 is 6.18 Å². The van der Waals surface area contributed by atoms with Crippen molar-refractivity contribution < 1.29 is 42.2 Å². The summed E-state index contributed by atoms with van der Waals surface area (Å²) in [5.41, 5.74) is 2.37. The van der Waals surface area contributed by atoms with Gasteiger partial charge < -0.3 is 9.84 Å². The van der Waals surface area contributed by atoms with Crippen LogP contribution in [0.25, 0.3) is 0 Å². The van der Waals surface area contributed by atoms with Crippen LogP contribution in [0.15, 0.2) is 84.4 Å². The van der Waals surface area contributed by atoms with Gasteiger partial charge in [0.25, 0.3) is 23.6 Å². The van der Waals surface area contributed by atoms with Crippen LogP contribution in [0, 0.1) is 30.6 Å². The maximum atomic E-state index is 15.4. The van der Waals surface area contributed by atoms with E-state index in [9.17, 15) is 32.7 Å². The molecule has 58 heavy (non-hydrogen) atoms. The Kier molecular flexibility index (Phi) is 9.68. The summed E-state index contributed by atoms with van der Waals surface area (Å²) >= 11 is 19.0. The Balaban J connectivity index is 1.29. The average molecular weight is 855 g/mol. The summed E-state index contributed by atoms with van der Waals surface area (Å²) in [4.78, 5) is 62.9. The van der Waals surface area contributed by atoms with Gasteiger partial charge in [-0.1, -0.05) is 70.7 Å². The number of carbonyl (C=O) groups excluding carboxylic acids is 4. The molecule has 4 aromatic rings. The number of aromatic hydroxyl groups is 1. The molecule has 3 heterocycles. The Bertz CT molecular complexity index is 2450. The van der Waals surface area contributed by atoms with Gasteiger partial charge in [0.1, 0.15) is 17.2 Å². The lowest BCUT2D eigenvalue weighted by molar-refractivity contribution is -0.142. The number of amides is 4. The van der Waals surface area contributed by atoms with Crippen molar-refractivity contribution in [2.45, 2.75) is 37.3 Å². The number of aryl methyl sites for hydroxylation is 1. The lowest BCUT2D eigenvalue weighted by Gasteiger charge is -2.50. The standard InChI is InChI=1S/C41H33Cl3F3N5O6/c1-19-16-20(4-14-31(19)53)34-24-10-11-25-33(38(56)52(36(25)54)50(2)35-28(43)12-15-32(48-35)41(45,46)47)26(24)18-27-37(55)51(49-30-13-7-22(42)17-29(30)44)39(57)40(27,34)21-5-8-23(58-3)9-6-21/h4-10,12-17,25-27,33-34,49,53H,11,18H2,1-3H3. The first-order valence-electron chi connectivity index (χ1n) is 18.1. The van der Waals surface area contributed by atoms with Gasteiger partial charge in [-0.3, -0.25) is 29.6 Å². The molecule has 6 atom stereocenters. The highest BCUT2D eigenvalue weighted by atomic mass is 35.5. The summed E-state index contributed by atoms with van der Waals surface area (Å²) in [6.07, 6.45) is -3.04. The highest BCUT2D eigenvalue weighted by Crippen LogP contribution is 2.64. The van der Waals surface area contributed by atoms with Gasteiger partial charge in [0.15, 0.2) is 5.82 Å². The second-order valence-corrected chi connectivity index (χ2v) is 16.0. The Hall–Kier alpha value is -5.31. The topological polar surface area (TPSA) is 132 Å². The number of hydrogen-bond donors (Lipinski definition) is 2. The number of rotatable bonds is 7. The Labute approximate surface area is 344 Å². The zero-order valence-corrected chi connectivity index (χ0v) is 33.1. The number of imide groups is 2. The van der Waals surface area contributed by atoms with Gasteiger partial charge in [0.2, 0.25) is 0 Å². The minimum absolute atomic E-state index is 0.00421. The molecular formula is C41H33Cl3F3N5O6. The molecule has 8 rings (SSSR count). The molecule has 3 aromatic carbocycles. The largest absolute Gasteiger partial charge is 0.508 e. The van der Waals surface area contributed by atoms with Gasteiger partial charge in [0.05, 0.1) is 46.0 Å². The number of hydrogen-bond acceptors (Lipinski definition) is 9. The molecule has 1 aromatic heterocycles. The van der Waals surface area contributed by atoms with Gasteiger partial charge in [-0.05, 0) is 90.9 Å². The van der Waals surface area contributed by atoms with Gasteiger partial charge in [-0.25, -0.2) is 4.98 Å². The summed E-state index contributed by atoms with van der Waals surface area (Å²) in [7, 11) is 2.73. The first-order chi connectivity index (χ1) is 27.5. The van der Waals surface area contributed by atoms with E-state index in [1.165, 1.54) is 32.4 Å². The van der Waals surface area contributed by atoms with Crippen LogP contribution in [-0.2, 0) is 30.8 Å². The minimum atomic E-state index is -4.83. The number of aromatic nitrogens is 1. The molecule has 2 N–H and O–H groups in total. The van der Waals surface area contributed by atoms with Crippen molar-refractivity contribution in [2.75, 3.05) is 24.6 Å². The van der Waals surface area contributed by atoms with Gasteiger partial charge in [-0.2, -0.15) is 23.2 Å². The number of nitrogens with one attached hydrogen (secondary N) is 1. The molecule has 11 nitrogen and oxygen atoms in total.